The average molecular weight is 272 g/mol. The lowest BCUT2D eigenvalue weighted by atomic mass is 10.0. The number of carbonyl (C=O) groups is 1. The average Bonchev–Trinajstić information content (AvgIpc) is 2.66. The van der Waals surface area contributed by atoms with Crippen LogP contribution in [-0.4, -0.2) is 36.9 Å². The first-order valence-electron chi connectivity index (χ1n) is 5.56. The molecule has 2 unspecified atom stereocenters. The molecular weight excluding hydrogens is 258 g/mol. The highest BCUT2D eigenvalue weighted by molar-refractivity contribution is 5.87. The molecule has 0 aromatic heterocycles. The van der Waals surface area contributed by atoms with E-state index in [1.54, 1.807) is 24.3 Å². The van der Waals surface area contributed by atoms with Crippen LogP contribution in [0.25, 0.3) is 0 Å². The number of fused-ring (bicyclic) bond motifs is 2. The van der Waals surface area contributed by atoms with Crippen molar-refractivity contribution in [2.24, 2.45) is 0 Å². The van der Waals surface area contributed by atoms with Crippen molar-refractivity contribution >= 4 is 18.4 Å². The fraction of sp³-hybridized carbons (Fsp3) is 0.417. The molecule has 2 aliphatic heterocycles. The van der Waals surface area contributed by atoms with Gasteiger partial charge in [-0.15, -0.1) is 12.4 Å². The summed E-state index contributed by atoms with van der Waals surface area (Å²) in [6.45, 7) is 1.97. The van der Waals surface area contributed by atoms with Gasteiger partial charge in [0.15, 0.2) is 0 Å². The van der Waals surface area contributed by atoms with Crippen LogP contribution in [0.4, 0.5) is 0 Å². The number of nitrogens with one attached hydrogen (secondary N) is 1. The van der Waals surface area contributed by atoms with Crippen molar-refractivity contribution in [1.82, 2.24) is 5.32 Å². The Hall–Kier alpha value is -1.14. The standard InChI is InChI=1S/C12H13NO4.ClH/c14-11(15)8-1-3-9(4-2-8)12-7-13-5-10(17-12)6-16-12;/h1-4,10,13H,5-7H2,(H,14,15);1H. The maximum Gasteiger partial charge on any atom is 0.335 e. The lowest BCUT2D eigenvalue weighted by molar-refractivity contribution is -0.186. The zero-order valence-corrected chi connectivity index (χ0v) is 10.4. The van der Waals surface area contributed by atoms with Crippen LogP contribution in [0, 0.1) is 0 Å². The summed E-state index contributed by atoms with van der Waals surface area (Å²) in [5, 5.41) is 12.1. The molecule has 0 amide bonds. The molecular formula is C12H14ClNO4. The van der Waals surface area contributed by atoms with Crippen LogP contribution >= 0.6 is 12.4 Å². The number of carboxylic acid groups (broad SMARTS) is 1. The Morgan fingerprint density at radius 1 is 1.39 bits per heavy atom. The van der Waals surface area contributed by atoms with Crippen LogP contribution < -0.4 is 5.32 Å². The van der Waals surface area contributed by atoms with E-state index in [-0.39, 0.29) is 24.1 Å². The molecule has 1 aromatic rings. The Balaban J connectivity index is 0.00000120. The van der Waals surface area contributed by atoms with Crippen LogP contribution in [0.2, 0.25) is 0 Å². The second-order valence-electron chi connectivity index (χ2n) is 4.32. The van der Waals surface area contributed by atoms with Gasteiger partial charge in [-0.25, -0.2) is 4.79 Å². The summed E-state index contributed by atoms with van der Waals surface area (Å²) in [4.78, 5) is 10.8. The molecule has 2 heterocycles. The fourth-order valence-corrected chi connectivity index (χ4v) is 2.28. The predicted octanol–water partition coefficient (Wildman–Crippen LogP) is 0.978. The summed E-state index contributed by atoms with van der Waals surface area (Å²) in [5.41, 5.74) is 1.13. The minimum atomic E-state index is -0.929. The van der Waals surface area contributed by atoms with Crippen LogP contribution in [0.15, 0.2) is 24.3 Å². The minimum absolute atomic E-state index is 0. The largest absolute Gasteiger partial charge is 0.478 e. The second kappa shape index (κ2) is 4.85. The molecule has 2 N–H and O–H groups in total. The van der Waals surface area contributed by atoms with Crippen molar-refractivity contribution in [3.63, 3.8) is 0 Å². The Kier molecular flexibility index (Phi) is 3.59. The third kappa shape index (κ3) is 2.10. The van der Waals surface area contributed by atoms with E-state index in [1.807, 2.05) is 0 Å². The van der Waals surface area contributed by atoms with Gasteiger partial charge in [-0.2, -0.15) is 0 Å². The molecule has 2 aliphatic rings. The molecule has 1 aromatic carbocycles. The molecule has 2 atom stereocenters. The number of morpholine rings is 1. The summed E-state index contributed by atoms with van der Waals surface area (Å²) < 4.78 is 11.6. The van der Waals surface area contributed by atoms with Gasteiger partial charge in [-0.05, 0) is 12.1 Å². The van der Waals surface area contributed by atoms with Crippen LogP contribution in [-0.2, 0) is 15.3 Å². The van der Waals surface area contributed by atoms with Gasteiger partial charge in [0.25, 0.3) is 0 Å². The van der Waals surface area contributed by atoms with Crippen molar-refractivity contribution in [2.75, 3.05) is 19.7 Å². The first kappa shape index (κ1) is 13.3. The number of halogens is 1. The SMILES string of the molecule is Cl.O=C(O)c1ccc(C23CNCC(CO2)O3)cc1. The Morgan fingerprint density at radius 3 is 2.78 bits per heavy atom. The van der Waals surface area contributed by atoms with E-state index < -0.39 is 11.8 Å². The monoisotopic (exact) mass is 271 g/mol. The Bertz CT molecular complexity index is 446. The highest BCUT2D eigenvalue weighted by atomic mass is 35.5. The first-order valence-corrected chi connectivity index (χ1v) is 5.56. The minimum Gasteiger partial charge on any atom is -0.478 e. The van der Waals surface area contributed by atoms with Gasteiger partial charge < -0.3 is 19.9 Å². The van der Waals surface area contributed by atoms with Crippen LogP contribution in [0.1, 0.15) is 15.9 Å². The van der Waals surface area contributed by atoms with Crippen molar-refractivity contribution < 1.29 is 19.4 Å². The van der Waals surface area contributed by atoms with Crippen LogP contribution in [0.3, 0.4) is 0 Å². The quantitative estimate of drug-likeness (QED) is 0.839. The summed E-state index contributed by atoms with van der Waals surface area (Å²) in [7, 11) is 0. The van der Waals surface area contributed by atoms with Crippen LogP contribution in [0.5, 0.6) is 0 Å². The zero-order valence-electron chi connectivity index (χ0n) is 9.59. The van der Waals surface area contributed by atoms with Gasteiger partial charge in [0.2, 0.25) is 5.79 Å². The molecule has 0 radical (unpaired) electrons. The number of aromatic carboxylic acids is 1. The van der Waals surface area contributed by atoms with E-state index in [1.165, 1.54) is 0 Å². The van der Waals surface area contributed by atoms with Crippen molar-refractivity contribution in [3.05, 3.63) is 35.4 Å². The molecule has 2 saturated heterocycles. The maximum atomic E-state index is 10.8. The van der Waals surface area contributed by atoms with E-state index in [0.29, 0.717) is 13.2 Å². The molecule has 2 fully saturated rings. The molecule has 0 saturated carbocycles. The van der Waals surface area contributed by atoms with Crippen molar-refractivity contribution in [3.8, 4) is 0 Å². The predicted molar refractivity (Wildman–Crippen MR) is 66.0 cm³/mol. The summed E-state index contributed by atoms with van der Waals surface area (Å²) in [6.07, 6.45) is 0.0860. The van der Waals surface area contributed by atoms with Gasteiger partial charge in [0.05, 0.1) is 24.8 Å². The Morgan fingerprint density at radius 2 is 2.11 bits per heavy atom. The normalized spacial score (nSPS) is 29.7. The zero-order chi connectivity index (χ0) is 11.9. The third-order valence-corrected chi connectivity index (χ3v) is 3.16. The smallest absolute Gasteiger partial charge is 0.335 e. The van der Waals surface area contributed by atoms with Gasteiger partial charge in [0, 0.05) is 12.1 Å². The first-order chi connectivity index (χ1) is 8.20. The summed E-state index contributed by atoms with van der Waals surface area (Å²) in [5.74, 6) is -1.66. The lowest BCUT2D eigenvalue weighted by Crippen LogP contribution is -2.46. The van der Waals surface area contributed by atoms with Gasteiger partial charge in [0.1, 0.15) is 0 Å². The fourth-order valence-electron chi connectivity index (χ4n) is 2.28. The molecule has 2 bridgehead atoms. The van der Waals surface area contributed by atoms with Gasteiger partial charge in [-0.1, -0.05) is 12.1 Å². The van der Waals surface area contributed by atoms with Crippen molar-refractivity contribution in [2.45, 2.75) is 11.9 Å². The van der Waals surface area contributed by atoms with E-state index in [0.717, 1.165) is 12.1 Å². The van der Waals surface area contributed by atoms with E-state index in [9.17, 15) is 4.79 Å². The number of carboxylic acids is 1. The molecule has 6 heteroatoms. The number of ether oxygens (including phenoxy) is 2. The van der Waals surface area contributed by atoms with E-state index in [4.69, 9.17) is 14.6 Å². The topological polar surface area (TPSA) is 67.8 Å². The molecule has 3 rings (SSSR count). The molecule has 5 nitrogen and oxygen atoms in total. The maximum absolute atomic E-state index is 10.8. The number of hydrogen-bond acceptors (Lipinski definition) is 4. The third-order valence-electron chi connectivity index (χ3n) is 3.16. The Labute approximate surface area is 110 Å². The molecule has 18 heavy (non-hydrogen) atoms. The summed E-state index contributed by atoms with van der Waals surface area (Å²) >= 11 is 0. The van der Waals surface area contributed by atoms with E-state index in [2.05, 4.69) is 5.32 Å². The highest BCUT2D eigenvalue weighted by Gasteiger charge is 2.45. The summed E-state index contributed by atoms with van der Waals surface area (Å²) in [6, 6.07) is 6.64. The van der Waals surface area contributed by atoms with E-state index >= 15 is 0 Å². The number of rotatable bonds is 2. The molecule has 0 spiro atoms. The van der Waals surface area contributed by atoms with Crippen molar-refractivity contribution in [1.29, 1.82) is 0 Å². The number of hydrogen-bond donors (Lipinski definition) is 2. The number of benzene rings is 1. The van der Waals surface area contributed by atoms with Gasteiger partial charge in [-0.3, -0.25) is 0 Å². The van der Waals surface area contributed by atoms with Gasteiger partial charge >= 0.3 is 5.97 Å². The molecule has 98 valence electrons. The second-order valence-corrected chi connectivity index (χ2v) is 4.32. The molecule has 0 aliphatic carbocycles. The lowest BCUT2D eigenvalue weighted by Gasteiger charge is -2.32. The highest BCUT2D eigenvalue weighted by Crippen LogP contribution is 2.35.